The number of amides is 1. The number of anilines is 1. The van der Waals surface area contributed by atoms with E-state index in [9.17, 15) is 10.1 Å². The fraction of sp³-hybridized carbons (Fsp3) is 0.280. The lowest BCUT2D eigenvalue weighted by Gasteiger charge is -2.31. The zero-order valence-corrected chi connectivity index (χ0v) is 18.7. The molecule has 0 saturated carbocycles. The lowest BCUT2D eigenvalue weighted by atomic mass is 9.96. The van der Waals surface area contributed by atoms with E-state index in [0.717, 1.165) is 43.9 Å². The maximum Gasteiger partial charge on any atom is 0.255 e. The van der Waals surface area contributed by atoms with Crippen LogP contribution in [0.15, 0.2) is 55.1 Å². The summed E-state index contributed by atoms with van der Waals surface area (Å²) < 4.78 is 1.56. The van der Waals surface area contributed by atoms with Gasteiger partial charge in [0.15, 0.2) is 5.65 Å². The van der Waals surface area contributed by atoms with Gasteiger partial charge in [0.2, 0.25) is 0 Å². The van der Waals surface area contributed by atoms with Gasteiger partial charge in [-0.25, -0.2) is 4.98 Å². The molecule has 1 fully saturated rings. The van der Waals surface area contributed by atoms with Gasteiger partial charge < -0.3 is 16.0 Å². The maximum atomic E-state index is 12.9. The van der Waals surface area contributed by atoms with Crippen LogP contribution in [0.2, 0.25) is 0 Å². The molecule has 172 valence electrons. The van der Waals surface area contributed by atoms with Gasteiger partial charge in [-0.3, -0.25) is 19.1 Å². The molecule has 5 rings (SSSR count). The van der Waals surface area contributed by atoms with Gasteiger partial charge in [0, 0.05) is 37.9 Å². The summed E-state index contributed by atoms with van der Waals surface area (Å²) in [5.74, 6) is 0.200. The molecule has 1 aliphatic heterocycles. The standard InChI is InChI=1S/C25H26N8O/c26-13-23-20(27)12-19(24-29-7-10-33(23)24)25(34)31-14-17-4-8-32(9-5-17)16-18-11-22(30-15-18)21-3-1-2-6-28-21/h1-3,6-7,10-12,15,17,30H,4-5,8-9,14,16,27H2,(H,31,34). The number of nitrogens with one attached hydrogen (secondary N) is 2. The number of nitrogen functional groups attached to an aromatic ring is 1. The van der Waals surface area contributed by atoms with Gasteiger partial charge >= 0.3 is 0 Å². The minimum atomic E-state index is -0.218. The first-order valence-corrected chi connectivity index (χ1v) is 11.4. The SMILES string of the molecule is N#Cc1c(N)cc(C(=O)NCC2CCN(Cc3c[nH]c(-c4ccccn4)c3)CC2)c2nccn12. The summed E-state index contributed by atoms with van der Waals surface area (Å²) in [5, 5.41) is 12.4. The van der Waals surface area contributed by atoms with E-state index >= 15 is 0 Å². The van der Waals surface area contributed by atoms with Crippen LogP contribution < -0.4 is 11.1 Å². The van der Waals surface area contributed by atoms with E-state index in [0.29, 0.717) is 23.7 Å². The number of nitrogens with zero attached hydrogens (tertiary/aromatic N) is 5. The van der Waals surface area contributed by atoms with Gasteiger partial charge in [-0.2, -0.15) is 5.26 Å². The predicted molar refractivity (Wildman–Crippen MR) is 129 cm³/mol. The highest BCUT2D eigenvalue weighted by Gasteiger charge is 2.22. The molecule has 4 aromatic heterocycles. The Morgan fingerprint density at radius 1 is 1.24 bits per heavy atom. The monoisotopic (exact) mass is 454 g/mol. The second-order valence-electron chi connectivity index (χ2n) is 8.66. The van der Waals surface area contributed by atoms with Crippen molar-refractivity contribution in [2.45, 2.75) is 19.4 Å². The Balaban J connectivity index is 1.14. The summed E-state index contributed by atoms with van der Waals surface area (Å²) in [6.45, 7) is 3.47. The van der Waals surface area contributed by atoms with Crippen LogP contribution in [0, 0.1) is 17.2 Å². The number of rotatable bonds is 6. The van der Waals surface area contributed by atoms with Gasteiger partial charge in [0.25, 0.3) is 5.91 Å². The largest absolute Gasteiger partial charge is 0.396 e. The molecule has 0 atom stereocenters. The van der Waals surface area contributed by atoms with Crippen molar-refractivity contribution in [3.8, 4) is 17.5 Å². The first-order valence-electron chi connectivity index (χ1n) is 11.4. The van der Waals surface area contributed by atoms with Crippen molar-refractivity contribution in [1.82, 2.24) is 29.6 Å². The van der Waals surface area contributed by atoms with Crippen molar-refractivity contribution >= 4 is 17.2 Å². The van der Waals surface area contributed by atoms with Crippen molar-refractivity contribution < 1.29 is 4.79 Å². The van der Waals surface area contributed by atoms with E-state index in [1.165, 1.54) is 11.6 Å². The molecule has 4 aromatic rings. The van der Waals surface area contributed by atoms with E-state index in [1.54, 1.807) is 23.0 Å². The van der Waals surface area contributed by atoms with Crippen LogP contribution in [0.4, 0.5) is 5.69 Å². The second-order valence-corrected chi connectivity index (χ2v) is 8.66. The van der Waals surface area contributed by atoms with Crippen LogP contribution in [-0.2, 0) is 6.54 Å². The molecule has 4 N–H and O–H groups in total. The van der Waals surface area contributed by atoms with Gasteiger partial charge in [0.05, 0.1) is 22.6 Å². The Bertz CT molecular complexity index is 1340. The number of imidazole rings is 1. The summed E-state index contributed by atoms with van der Waals surface area (Å²) in [6.07, 6.45) is 9.09. The van der Waals surface area contributed by atoms with E-state index in [4.69, 9.17) is 5.73 Å². The number of aromatic nitrogens is 4. The van der Waals surface area contributed by atoms with Gasteiger partial charge in [-0.15, -0.1) is 0 Å². The molecule has 0 bridgehead atoms. The van der Waals surface area contributed by atoms with Crippen LogP contribution in [0.5, 0.6) is 0 Å². The van der Waals surface area contributed by atoms with Crippen molar-refractivity contribution in [3.63, 3.8) is 0 Å². The molecule has 1 amide bonds. The number of H-pyrrole nitrogens is 1. The van der Waals surface area contributed by atoms with Gasteiger partial charge in [-0.1, -0.05) is 6.07 Å². The molecule has 34 heavy (non-hydrogen) atoms. The molecule has 9 heteroatoms. The molecule has 0 aromatic carbocycles. The Morgan fingerprint density at radius 3 is 2.85 bits per heavy atom. The van der Waals surface area contributed by atoms with Crippen LogP contribution in [0.3, 0.4) is 0 Å². The third-order valence-electron chi connectivity index (χ3n) is 6.39. The molecule has 1 saturated heterocycles. The average Bonchev–Trinajstić information content (AvgIpc) is 3.54. The Labute approximate surface area is 197 Å². The smallest absolute Gasteiger partial charge is 0.255 e. The molecule has 0 radical (unpaired) electrons. The minimum Gasteiger partial charge on any atom is -0.396 e. The number of hydrogen-bond donors (Lipinski definition) is 3. The van der Waals surface area contributed by atoms with Crippen LogP contribution in [-0.4, -0.2) is 49.8 Å². The summed E-state index contributed by atoms with van der Waals surface area (Å²) >= 11 is 0. The number of nitriles is 1. The Morgan fingerprint density at radius 2 is 2.09 bits per heavy atom. The normalized spacial score (nSPS) is 14.8. The second kappa shape index (κ2) is 9.37. The molecule has 5 heterocycles. The van der Waals surface area contributed by atoms with E-state index in [2.05, 4.69) is 43.5 Å². The highest BCUT2D eigenvalue weighted by molar-refractivity contribution is 6.01. The highest BCUT2D eigenvalue weighted by Crippen LogP contribution is 2.22. The minimum absolute atomic E-state index is 0.218. The molecule has 0 unspecified atom stereocenters. The lowest BCUT2D eigenvalue weighted by molar-refractivity contribution is 0.0936. The number of fused-ring (bicyclic) bond motifs is 1. The number of likely N-dealkylation sites (tertiary alicyclic amines) is 1. The molecule has 0 spiro atoms. The zero-order chi connectivity index (χ0) is 23.5. The third-order valence-corrected chi connectivity index (χ3v) is 6.39. The fourth-order valence-corrected chi connectivity index (χ4v) is 4.54. The number of hydrogen-bond acceptors (Lipinski definition) is 6. The van der Waals surface area contributed by atoms with Crippen molar-refractivity contribution in [1.29, 1.82) is 5.26 Å². The quantitative estimate of drug-likeness (QED) is 0.411. The first-order chi connectivity index (χ1) is 16.6. The summed E-state index contributed by atoms with van der Waals surface area (Å²) in [5.41, 5.74) is 10.6. The van der Waals surface area contributed by atoms with Gasteiger partial charge in [0.1, 0.15) is 11.8 Å². The number of nitrogens with two attached hydrogens (primary N) is 1. The maximum absolute atomic E-state index is 12.9. The first kappa shape index (κ1) is 21.7. The zero-order valence-electron chi connectivity index (χ0n) is 18.7. The summed E-state index contributed by atoms with van der Waals surface area (Å²) in [6, 6.07) is 11.7. The number of piperidine rings is 1. The number of carbonyl (C=O) groups excluding carboxylic acids is 1. The van der Waals surface area contributed by atoms with Crippen molar-refractivity contribution in [2.24, 2.45) is 5.92 Å². The van der Waals surface area contributed by atoms with E-state index in [1.807, 2.05) is 18.2 Å². The van der Waals surface area contributed by atoms with Crippen LogP contribution in [0.25, 0.3) is 17.0 Å². The highest BCUT2D eigenvalue weighted by atomic mass is 16.1. The van der Waals surface area contributed by atoms with Crippen LogP contribution >= 0.6 is 0 Å². The van der Waals surface area contributed by atoms with Gasteiger partial charge in [-0.05, 0) is 61.7 Å². The lowest BCUT2D eigenvalue weighted by Crippen LogP contribution is -2.38. The van der Waals surface area contributed by atoms with E-state index in [-0.39, 0.29) is 17.3 Å². The number of pyridine rings is 2. The molecule has 0 aliphatic carbocycles. The molecular formula is C25H26N8O. The topological polar surface area (TPSA) is 128 Å². The number of aromatic amines is 1. The van der Waals surface area contributed by atoms with E-state index < -0.39 is 0 Å². The average molecular weight is 455 g/mol. The Hall–Kier alpha value is -4.16. The third kappa shape index (κ3) is 4.36. The molecule has 9 nitrogen and oxygen atoms in total. The number of carbonyl (C=O) groups is 1. The van der Waals surface area contributed by atoms with Crippen LogP contribution in [0.1, 0.15) is 34.5 Å². The van der Waals surface area contributed by atoms with Crippen molar-refractivity contribution in [3.05, 3.63) is 71.9 Å². The Kier molecular flexibility index (Phi) is 5.97. The summed E-state index contributed by atoms with van der Waals surface area (Å²) in [4.78, 5) is 27.3. The molecule has 1 aliphatic rings. The van der Waals surface area contributed by atoms with Crippen molar-refractivity contribution in [2.75, 3.05) is 25.4 Å². The predicted octanol–water partition coefficient (Wildman–Crippen LogP) is 2.82. The fourth-order valence-electron chi connectivity index (χ4n) is 4.54. The molecular weight excluding hydrogens is 428 g/mol. The summed E-state index contributed by atoms with van der Waals surface area (Å²) in [7, 11) is 0.